The third kappa shape index (κ3) is 4.70. The molecular weight excluding hydrogens is 242 g/mol. The Hall–Kier alpha value is 1.20. The van der Waals surface area contributed by atoms with E-state index >= 15 is 0 Å². The van der Waals surface area contributed by atoms with Crippen LogP contribution >= 0.6 is 23.2 Å². The van der Waals surface area contributed by atoms with Crippen LogP contribution < -0.4 is 12.4 Å². The van der Waals surface area contributed by atoms with Crippen LogP contribution in [0.15, 0.2) is 0 Å². The Kier molecular flexibility index (Phi) is 10.5. The van der Waals surface area contributed by atoms with E-state index in [9.17, 15) is 0 Å². The van der Waals surface area contributed by atoms with Gasteiger partial charge in [0.05, 0.1) is 24.6 Å². The molecule has 0 rings (SSSR count). The van der Waals surface area contributed by atoms with E-state index in [4.69, 9.17) is 0 Å². The maximum Gasteiger partial charge on any atom is 0.0690 e. The summed E-state index contributed by atoms with van der Waals surface area (Å²) in [5.41, 5.74) is 0. The van der Waals surface area contributed by atoms with E-state index < -0.39 is 7.26 Å². The van der Waals surface area contributed by atoms with E-state index in [1.807, 2.05) is 0 Å². The van der Waals surface area contributed by atoms with Crippen molar-refractivity contribution in [2.24, 2.45) is 0 Å². The lowest BCUT2D eigenvalue weighted by molar-refractivity contribution is -0.00000225. The van der Waals surface area contributed by atoms with Crippen LogP contribution in [0.4, 0.5) is 0 Å². The van der Waals surface area contributed by atoms with Gasteiger partial charge in [0.25, 0.3) is 0 Å². The van der Waals surface area contributed by atoms with E-state index in [2.05, 4.69) is 36.7 Å². The summed E-state index contributed by atoms with van der Waals surface area (Å²) >= 11 is 3.54. The van der Waals surface area contributed by atoms with Gasteiger partial charge in [0, 0.05) is 12.6 Å². The van der Waals surface area contributed by atoms with Crippen LogP contribution in [-0.4, -0.2) is 30.0 Å². The van der Waals surface area contributed by atoms with Gasteiger partial charge in [-0.1, -0.05) is 15.9 Å². The van der Waals surface area contributed by atoms with E-state index in [-0.39, 0.29) is 12.4 Å². The molecule has 0 radical (unpaired) electrons. The number of halogens is 2. The number of rotatable bonds is 5. The van der Waals surface area contributed by atoms with E-state index in [0.717, 1.165) is 0 Å². The molecule has 0 saturated heterocycles. The zero-order chi connectivity index (χ0) is 8.04. The van der Waals surface area contributed by atoms with Crippen molar-refractivity contribution in [2.45, 2.75) is 20.8 Å². The molecule has 0 bridgehead atoms. The van der Waals surface area contributed by atoms with Gasteiger partial charge in [0.2, 0.25) is 0 Å². The zero-order valence-corrected chi connectivity index (χ0v) is 11.0. The molecule has 0 N–H and O–H groups in total. The minimum Gasteiger partial charge on any atom is -1.00 e. The van der Waals surface area contributed by atoms with Gasteiger partial charge in [0.1, 0.15) is 0 Å². The summed E-state index contributed by atoms with van der Waals surface area (Å²) in [5.74, 6) is 0. The highest BCUT2D eigenvalue weighted by molar-refractivity contribution is 9.09. The molecule has 3 heteroatoms. The average Bonchev–Trinajstić information content (AvgIpc) is 2.01. The fourth-order valence-corrected chi connectivity index (χ4v) is 6.23. The van der Waals surface area contributed by atoms with Gasteiger partial charge in [-0.2, -0.15) is 0 Å². The van der Waals surface area contributed by atoms with E-state index in [1.54, 1.807) is 0 Å². The molecule has 0 aliphatic rings. The number of hydrogen-bond acceptors (Lipinski definition) is 0. The van der Waals surface area contributed by atoms with E-state index in [0.29, 0.717) is 0 Å². The molecule has 0 aromatic heterocycles. The topological polar surface area (TPSA) is 0 Å². The first-order valence-electron chi connectivity index (χ1n) is 4.15. The first-order valence-corrected chi connectivity index (χ1v) is 7.80. The van der Waals surface area contributed by atoms with Crippen LogP contribution in [0.25, 0.3) is 0 Å². The summed E-state index contributed by atoms with van der Waals surface area (Å²) in [4.78, 5) is 0. The first kappa shape index (κ1) is 14.7. The summed E-state index contributed by atoms with van der Waals surface area (Å²) in [6.07, 6.45) is 5.75. The molecule has 0 aromatic carbocycles. The average molecular weight is 262 g/mol. The van der Waals surface area contributed by atoms with Gasteiger partial charge < -0.3 is 12.4 Å². The minimum absolute atomic E-state index is 0. The van der Waals surface area contributed by atoms with Gasteiger partial charge in [-0.05, 0) is 20.8 Å². The molecule has 0 unspecified atom stereocenters. The zero-order valence-electron chi connectivity index (χ0n) is 7.74. The van der Waals surface area contributed by atoms with Crippen LogP contribution in [0.2, 0.25) is 0 Å². The highest BCUT2D eigenvalue weighted by Crippen LogP contribution is 2.57. The smallest absolute Gasteiger partial charge is 0.0690 e. The lowest BCUT2D eigenvalue weighted by Crippen LogP contribution is -3.00. The van der Waals surface area contributed by atoms with Gasteiger partial charge in [0.15, 0.2) is 0 Å². The Bertz CT molecular complexity index is 75.9. The summed E-state index contributed by atoms with van der Waals surface area (Å²) < 4.78 is 0. The molecule has 0 heterocycles. The lowest BCUT2D eigenvalue weighted by atomic mass is 10.9. The predicted molar refractivity (Wildman–Crippen MR) is 57.2 cm³/mol. The first-order chi connectivity index (χ1) is 4.74. The Morgan fingerprint density at radius 1 is 1.00 bits per heavy atom. The number of alkyl halides is 1. The van der Waals surface area contributed by atoms with Crippen LogP contribution in [0, 0.1) is 0 Å². The fraction of sp³-hybridized carbons (Fsp3) is 1.00. The van der Waals surface area contributed by atoms with Crippen molar-refractivity contribution in [2.75, 3.05) is 30.0 Å². The molecule has 0 nitrogen and oxygen atoms in total. The molecule has 11 heavy (non-hydrogen) atoms. The molecule has 70 valence electrons. The standard InChI is InChI=1S/C8H19BrP.ClH/c1-4-10(5-2,6-3)8-7-9;/h4-8H2,1-3H3;1H/q+1;/p-1. The van der Waals surface area contributed by atoms with Crippen LogP contribution in [0.5, 0.6) is 0 Å². The Labute approximate surface area is 86.4 Å². The second kappa shape index (κ2) is 7.83. The third-order valence-corrected chi connectivity index (χ3v) is 8.78. The van der Waals surface area contributed by atoms with Crippen molar-refractivity contribution in [1.82, 2.24) is 0 Å². The summed E-state index contributed by atoms with van der Waals surface area (Å²) in [5, 5.41) is 1.20. The van der Waals surface area contributed by atoms with Crippen molar-refractivity contribution < 1.29 is 12.4 Å². The molecule has 0 aliphatic carbocycles. The van der Waals surface area contributed by atoms with Crippen LogP contribution in [0.3, 0.4) is 0 Å². The molecule has 0 spiro atoms. The largest absolute Gasteiger partial charge is 1.00 e. The van der Waals surface area contributed by atoms with Crippen LogP contribution in [0.1, 0.15) is 20.8 Å². The Balaban J connectivity index is 0. The van der Waals surface area contributed by atoms with Gasteiger partial charge in [-0.3, -0.25) is 0 Å². The van der Waals surface area contributed by atoms with Crippen molar-refractivity contribution in [3.05, 3.63) is 0 Å². The fourth-order valence-electron chi connectivity index (χ4n) is 1.32. The molecule has 0 aliphatic heterocycles. The van der Waals surface area contributed by atoms with Crippen molar-refractivity contribution in [3.63, 3.8) is 0 Å². The molecule has 0 saturated carbocycles. The molecule has 0 atom stereocenters. The third-order valence-electron chi connectivity index (χ3n) is 2.57. The number of hydrogen-bond donors (Lipinski definition) is 0. The van der Waals surface area contributed by atoms with Crippen LogP contribution in [-0.2, 0) is 0 Å². The molecule has 0 fully saturated rings. The highest BCUT2D eigenvalue weighted by atomic mass is 79.9. The lowest BCUT2D eigenvalue weighted by Gasteiger charge is -2.22. The SMILES string of the molecule is CC[P+](CC)(CC)CCBr.[Cl-]. The van der Waals surface area contributed by atoms with Crippen molar-refractivity contribution >= 4 is 23.2 Å². The second-order valence-electron chi connectivity index (χ2n) is 2.70. The summed E-state index contributed by atoms with van der Waals surface area (Å²) in [7, 11) is -0.486. The Morgan fingerprint density at radius 3 is 1.45 bits per heavy atom. The van der Waals surface area contributed by atoms with Crippen molar-refractivity contribution in [1.29, 1.82) is 0 Å². The summed E-state index contributed by atoms with van der Waals surface area (Å²) in [6, 6.07) is 0. The normalized spacial score (nSPS) is 10.9. The minimum atomic E-state index is -0.486. The molecule has 0 amide bonds. The highest BCUT2D eigenvalue weighted by Gasteiger charge is 2.29. The quantitative estimate of drug-likeness (QED) is 0.498. The molecular formula is C8H19BrClP. The Morgan fingerprint density at radius 2 is 1.36 bits per heavy atom. The van der Waals surface area contributed by atoms with Gasteiger partial charge in [-0.15, -0.1) is 0 Å². The van der Waals surface area contributed by atoms with Gasteiger partial charge in [-0.25, -0.2) is 0 Å². The maximum absolute atomic E-state index is 3.54. The van der Waals surface area contributed by atoms with Gasteiger partial charge >= 0.3 is 0 Å². The second-order valence-corrected chi connectivity index (χ2v) is 8.52. The molecule has 0 aromatic rings. The van der Waals surface area contributed by atoms with E-state index in [1.165, 1.54) is 30.0 Å². The van der Waals surface area contributed by atoms with Crippen molar-refractivity contribution in [3.8, 4) is 0 Å². The maximum atomic E-state index is 3.54. The predicted octanol–water partition coefficient (Wildman–Crippen LogP) is 0.463. The monoisotopic (exact) mass is 260 g/mol. The summed E-state index contributed by atoms with van der Waals surface area (Å²) in [6.45, 7) is 7.05.